The van der Waals surface area contributed by atoms with Gasteiger partial charge in [0.2, 0.25) is 15.9 Å². The van der Waals surface area contributed by atoms with E-state index in [1.54, 1.807) is 36.4 Å². The molecule has 1 aliphatic heterocycles. The van der Waals surface area contributed by atoms with Crippen molar-refractivity contribution in [2.75, 3.05) is 25.0 Å². The Kier molecular flexibility index (Phi) is 8.38. The SMILES string of the molecule is CC(C)CNC(=O)c1ccccc1NC(=O)C1CCN(S(=O)(=O)c2ccc(C(C)(C)C)cc2)CC1. The molecule has 190 valence electrons. The molecule has 1 saturated heterocycles. The Morgan fingerprint density at radius 3 is 2.17 bits per heavy atom. The number of hydrogen-bond acceptors (Lipinski definition) is 4. The highest BCUT2D eigenvalue weighted by molar-refractivity contribution is 7.89. The van der Waals surface area contributed by atoms with E-state index in [2.05, 4.69) is 31.4 Å². The molecule has 0 aliphatic carbocycles. The third kappa shape index (κ3) is 6.70. The first-order chi connectivity index (χ1) is 16.4. The lowest BCUT2D eigenvalue weighted by Crippen LogP contribution is -2.41. The molecule has 1 heterocycles. The Balaban J connectivity index is 1.62. The summed E-state index contributed by atoms with van der Waals surface area (Å²) in [5.74, 6) is -0.427. The zero-order valence-electron chi connectivity index (χ0n) is 21.3. The minimum absolute atomic E-state index is 0.0539. The van der Waals surface area contributed by atoms with Gasteiger partial charge in [0.15, 0.2) is 0 Å². The number of para-hydroxylation sites is 1. The second-order valence-corrected chi connectivity index (χ2v) is 12.5. The van der Waals surface area contributed by atoms with E-state index in [0.29, 0.717) is 36.6 Å². The molecule has 2 aromatic carbocycles. The summed E-state index contributed by atoms with van der Waals surface area (Å²) < 4.78 is 27.7. The molecule has 2 amide bonds. The predicted octanol–water partition coefficient (Wildman–Crippen LogP) is 4.41. The first-order valence-corrected chi connectivity index (χ1v) is 13.6. The van der Waals surface area contributed by atoms with Crippen LogP contribution < -0.4 is 10.6 Å². The quantitative estimate of drug-likeness (QED) is 0.590. The van der Waals surface area contributed by atoms with Crippen LogP contribution in [-0.4, -0.2) is 44.2 Å². The largest absolute Gasteiger partial charge is 0.352 e. The van der Waals surface area contributed by atoms with Crippen LogP contribution in [0.4, 0.5) is 5.69 Å². The maximum Gasteiger partial charge on any atom is 0.253 e. The normalized spacial score (nSPS) is 15.7. The highest BCUT2D eigenvalue weighted by atomic mass is 32.2. The number of hydrogen-bond donors (Lipinski definition) is 2. The number of nitrogens with zero attached hydrogens (tertiary/aromatic N) is 1. The van der Waals surface area contributed by atoms with Gasteiger partial charge in [-0.05, 0) is 54.0 Å². The summed E-state index contributed by atoms with van der Waals surface area (Å²) in [6.07, 6.45) is 0.847. The third-order valence-corrected chi connectivity index (χ3v) is 8.20. The highest BCUT2D eigenvalue weighted by Crippen LogP contribution is 2.28. The molecule has 3 rings (SSSR count). The van der Waals surface area contributed by atoms with Gasteiger partial charge in [-0.25, -0.2) is 8.42 Å². The molecule has 0 aromatic heterocycles. The zero-order valence-corrected chi connectivity index (χ0v) is 22.1. The number of rotatable bonds is 7. The fraction of sp³-hybridized carbons (Fsp3) is 0.481. The summed E-state index contributed by atoms with van der Waals surface area (Å²) in [5, 5.41) is 5.76. The van der Waals surface area contributed by atoms with Crippen molar-refractivity contribution < 1.29 is 18.0 Å². The van der Waals surface area contributed by atoms with Gasteiger partial charge in [0.1, 0.15) is 0 Å². The van der Waals surface area contributed by atoms with Crippen molar-refractivity contribution in [3.8, 4) is 0 Å². The Morgan fingerprint density at radius 2 is 1.60 bits per heavy atom. The molecule has 2 N–H and O–H groups in total. The van der Waals surface area contributed by atoms with Gasteiger partial charge in [-0.3, -0.25) is 9.59 Å². The number of benzene rings is 2. The first-order valence-electron chi connectivity index (χ1n) is 12.2. The van der Waals surface area contributed by atoms with E-state index in [0.717, 1.165) is 5.56 Å². The maximum absolute atomic E-state index is 13.1. The molecule has 2 aromatic rings. The molecule has 7 nitrogen and oxygen atoms in total. The fourth-order valence-electron chi connectivity index (χ4n) is 4.05. The predicted molar refractivity (Wildman–Crippen MR) is 139 cm³/mol. The molecular formula is C27H37N3O4S. The molecule has 0 bridgehead atoms. The van der Waals surface area contributed by atoms with Crippen LogP contribution in [0.5, 0.6) is 0 Å². The minimum Gasteiger partial charge on any atom is -0.352 e. The number of anilines is 1. The lowest BCUT2D eigenvalue weighted by molar-refractivity contribution is -0.120. The number of piperidine rings is 1. The van der Waals surface area contributed by atoms with Crippen LogP contribution in [0, 0.1) is 11.8 Å². The maximum atomic E-state index is 13.1. The number of amides is 2. The van der Waals surface area contributed by atoms with Gasteiger partial charge >= 0.3 is 0 Å². The second-order valence-electron chi connectivity index (χ2n) is 10.6. The lowest BCUT2D eigenvalue weighted by Gasteiger charge is -2.31. The van der Waals surface area contributed by atoms with E-state index in [-0.39, 0.29) is 41.1 Å². The molecule has 0 atom stereocenters. The van der Waals surface area contributed by atoms with Crippen LogP contribution in [-0.2, 0) is 20.2 Å². The molecule has 0 unspecified atom stereocenters. The van der Waals surface area contributed by atoms with Crippen molar-refractivity contribution in [3.63, 3.8) is 0 Å². The molecule has 0 saturated carbocycles. The summed E-state index contributed by atoms with van der Waals surface area (Å²) in [7, 11) is -3.61. The fourth-order valence-corrected chi connectivity index (χ4v) is 5.52. The lowest BCUT2D eigenvalue weighted by atomic mass is 9.87. The number of carbonyl (C=O) groups excluding carboxylic acids is 2. The number of nitrogens with one attached hydrogen (secondary N) is 2. The summed E-state index contributed by atoms with van der Waals surface area (Å²) in [6.45, 7) is 11.4. The first kappa shape index (κ1) is 26.9. The van der Waals surface area contributed by atoms with Gasteiger partial charge < -0.3 is 10.6 Å². The molecule has 35 heavy (non-hydrogen) atoms. The Hall–Kier alpha value is -2.71. The molecule has 1 fully saturated rings. The molecule has 1 aliphatic rings. The van der Waals surface area contributed by atoms with E-state index in [1.807, 2.05) is 26.0 Å². The molecule has 8 heteroatoms. The molecule has 0 radical (unpaired) electrons. The van der Waals surface area contributed by atoms with Gasteiger partial charge in [-0.15, -0.1) is 0 Å². The summed E-state index contributed by atoms with van der Waals surface area (Å²) in [5.41, 5.74) is 1.90. The standard InChI is InChI=1S/C27H37N3O4S/c1-19(2)18-28-26(32)23-8-6-7-9-24(23)29-25(31)20-14-16-30(17-15-20)35(33,34)22-12-10-21(11-13-22)27(3,4)5/h6-13,19-20H,14-18H2,1-5H3,(H,28,32)(H,29,31). The van der Waals surface area contributed by atoms with Crippen LogP contribution in [0.15, 0.2) is 53.4 Å². The Labute approximate surface area is 209 Å². The second kappa shape index (κ2) is 10.9. The average Bonchev–Trinajstić information content (AvgIpc) is 2.82. The van der Waals surface area contributed by atoms with Crippen molar-refractivity contribution in [2.45, 2.75) is 57.8 Å². The highest BCUT2D eigenvalue weighted by Gasteiger charge is 2.32. The van der Waals surface area contributed by atoms with E-state index >= 15 is 0 Å². The summed E-state index contributed by atoms with van der Waals surface area (Å²) >= 11 is 0. The van der Waals surface area contributed by atoms with Gasteiger partial charge in [0.25, 0.3) is 5.91 Å². The van der Waals surface area contributed by atoms with Crippen molar-refractivity contribution >= 4 is 27.5 Å². The number of carbonyl (C=O) groups is 2. The van der Waals surface area contributed by atoms with Crippen molar-refractivity contribution in [3.05, 3.63) is 59.7 Å². The van der Waals surface area contributed by atoms with Crippen LogP contribution in [0.3, 0.4) is 0 Å². The number of sulfonamides is 1. The van der Waals surface area contributed by atoms with Gasteiger partial charge in [-0.2, -0.15) is 4.31 Å². The summed E-state index contributed by atoms with van der Waals surface area (Å²) in [6, 6.07) is 14.0. The van der Waals surface area contributed by atoms with Crippen molar-refractivity contribution in [2.24, 2.45) is 11.8 Å². The average molecular weight is 500 g/mol. The zero-order chi connectivity index (χ0) is 25.8. The van der Waals surface area contributed by atoms with Crippen molar-refractivity contribution in [1.82, 2.24) is 9.62 Å². The van der Waals surface area contributed by atoms with E-state index in [9.17, 15) is 18.0 Å². The minimum atomic E-state index is -3.61. The van der Waals surface area contributed by atoms with E-state index in [4.69, 9.17) is 0 Å². The smallest absolute Gasteiger partial charge is 0.253 e. The van der Waals surface area contributed by atoms with E-state index in [1.165, 1.54) is 4.31 Å². The molecular weight excluding hydrogens is 462 g/mol. The Morgan fingerprint density at radius 1 is 1.00 bits per heavy atom. The van der Waals surface area contributed by atoms with Crippen LogP contribution in [0.2, 0.25) is 0 Å². The summed E-state index contributed by atoms with van der Waals surface area (Å²) in [4.78, 5) is 25.8. The van der Waals surface area contributed by atoms with E-state index < -0.39 is 10.0 Å². The topological polar surface area (TPSA) is 95.6 Å². The van der Waals surface area contributed by atoms with Crippen LogP contribution in [0.25, 0.3) is 0 Å². The van der Waals surface area contributed by atoms with Crippen molar-refractivity contribution in [1.29, 1.82) is 0 Å². The van der Waals surface area contributed by atoms with Gasteiger partial charge in [-0.1, -0.05) is 58.9 Å². The monoisotopic (exact) mass is 499 g/mol. The van der Waals surface area contributed by atoms with Crippen LogP contribution in [0.1, 0.15) is 63.4 Å². The van der Waals surface area contributed by atoms with Crippen LogP contribution >= 0.6 is 0 Å². The molecule has 0 spiro atoms. The van der Waals surface area contributed by atoms with Gasteiger partial charge in [0, 0.05) is 25.6 Å². The third-order valence-electron chi connectivity index (χ3n) is 6.28. The van der Waals surface area contributed by atoms with Gasteiger partial charge in [0.05, 0.1) is 16.1 Å². The Bertz CT molecular complexity index is 1140.